The van der Waals surface area contributed by atoms with Crippen LogP contribution in [0.3, 0.4) is 0 Å². The van der Waals surface area contributed by atoms with E-state index in [0.717, 1.165) is 40.4 Å². The van der Waals surface area contributed by atoms with Gasteiger partial charge in [0.2, 0.25) is 0 Å². The Kier molecular flexibility index (Phi) is 5.00. The predicted molar refractivity (Wildman–Crippen MR) is 93.3 cm³/mol. The lowest BCUT2D eigenvalue weighted by molar-refractivity contribution is 0.164. The summed E-state index contributed by atoms with van der Waals surface area (Å²) in [7, 11) is 0. The Morgan fingerprint density at radius 1 is 1.50 bits per heavy atom. The van der Waals surface area contributed by atoms with Gasteiger partial charge in [-0.05, 0) is 31.7 Å². The van der Waals surface area contributed by atoms with Gasteiger partial charge in [-0.25, -0.2) is 4.98 Å². The van der Waals surface area contributed by atoms with Gasteiger partial charge in [0.25, 0.3) is 5.56 Å². The largest absolute Gasteiger partial charge is 0.381 e. The van der Waals surface area contributed by atoms with Crippen molar-refractivity contribution >= 4 is 33.3 Å². The third-order valence-electron chi connectivity index (χ3n) is 3.76. The highest BCUT2D eigenvalue weighted by molar-refractivity contribution is 7.99. The molecule has 6 heteroatoms. The molecule has 0 aliphatic heterocycles. The Balaban J connectivity index is 2.01. The fourth-order valence-corrected chi connectivity index (χ4v) is 4.96. The van der Waals surface area contributed by atoms with E-state index < -0.39 is 0 Å². The van der Waals surface area contributed by atoms with Gasteiger partial charge in [-0.15, -0.1) is 17.9 Å². The molecule has 0 spiro atoms. The zero-order valence-corrected chi connectivity index (χ0v) is 14.4. The molecule has 4 nitrogen and oxygen atoms in total. The van der Waals surface area contributed by atoms with Gasteiger partial charge in [0.05, 0.1) is 12.0 Å². The number of aryl methyl sites for hydroxylation is 2. The number of thioether (sulfide) groups is 1. The van der Waals surface area contributed by atoms with E-state index in [1.165, 1.54) is 10.4 Å². The molecule has 0 N–H and O–H groups in total. The monoisotopic (exact) mass is 336 g/mol. The van der Waals surface area contributed by atoms with Crippen LogP contribution in [0.25, 0.3) is 10.2 Å². The highest BCUT2D eigenvalue weighted by atomic mass is 32.2. The van der Waals surface area contributed by atoms with Crippen LogP contribution < -0.4 is 5.56 Å². The van der Waals surface area contributed by atoms with E-state index in [-0.39, 0.29) is 5.56 Å². The minimum absolute atomic E-state index is 0.0863. The SMILES string of the molecule is C=CCn1c(SCCOCC)nc2sc3c(c2c1=O)CCC3. The quantitative estimate of drug-likeness (QED) is 0.337. The third-order valence-corrected chi connectivity index (χ3v) is 5.89. The number of allylic oxidation sites excluding steroid dienone is 1. The smallest absolute Gasteiger partial charge is 0.263 e. The van der Waals surface area contributed by atoms with Crippen LogP contribution >= 0.6 is 23.1 Å². The fraction of sp³-hybridized carbons (Fsp3) is 0.500. The number of nitrogens with zero attached hydrogens (tertiary/aromatic N) is 2. The summed E-state index contributed by atoms with van der Waals surface area (Å²) in [4.78, 5) is 19.9. The molecule has 0 amide bonds. The molecule has 0 radical (unpaired) electrons. The molecule has 1 aliphatic carbocycles. The van der Waals surface area contributed by atoms with Crippen LogP contribution in [0.2, 0.25) is 0 Å². The molecule has 0 aromatic carbocycles. The normalized spacial score (nSPS) is 13.7. The van der Waals surface area contributed by atoms with E-state index in [9.17, 15) is 4.79 Å². The maximum atomic E-state index is 12.9. The third kappa shape index (κ3) is 2.87. The number of hydrogen-bond acceptors (Lipinski definition) is 5. The van der Waals surface area contributed by atoms with Crippen molar-refractivity contribution in [3.8, 4) is 0 Å². The summed E-state index contributed by atoms with van der Waals surface area (Å²) in [6.07, 6.45) is 5.01. The number of ether oxygens (including phenoxy) is 1. The minimum atomic E-state index is 0.0863. The minimum Gasteiger partial charge on any atom is -0.381 e. The highest BCUT2D eigenvalue weighted by Gasteiger charge is 2.22. The Morgan fingerprint density at radius 2 is 2.36 bits per heavy atom. The van der Waals surface area contributed by atoms with Crippen LogP contribution in [0.4, 0.5) is 0 Å². The van der Waals surface area contributed by atoms with Crippen LogP contribution in [0.15, 0.2) is 22.6 Å². The Morgan fingerprint density at radius 3 is 3.14 bits per heavy atom. The summed E-state index contributed by atoms with van der Waals surface area (Å²) in [5, 5.41) is 1.62. The van der Waals surface area contributed by atoms with Crippen LogP contribution in [-0.2, 0) is 24.1 Å². The van der Waals surface area contributed by atoms with Gasteiger partial charge in [-0.2, -0.15) is 0 Å². The lowest BCUT2D eigenvalue weighted by Gasteiger charge is -2.10. The molecular weight excluding hydrogens is 316 g/mol. The van der Waals surface area contributed by atoms with Crippen molar-refractivity contribution in [1.29, 1.82) is 0 Å². The lowest BCUT2D eigenvalue weighted by Crippen LogP contribution is -2.23. The topological polar surface area (TPSA) is 44.1 Å². The molecule has 2 aromatic rings. The van der Waals surface area contributed by atoms with Crippen LogP contribution in [0, 0.1) is 0 Å². The average Bonchev–Trinajstić information content (AvgIpc) is 3.07. The van der Waals surface area contributed by atoms with Gasteiger partial charge in [0.15, 0.2) is 5.16 Å². The zero-order valence-electron chi connectivity index (χ0n) is 12.8. The fourth-order valence-electron chi connectivity index (χ4n) is 2.79. The molecule has 118 valence electrons. The summed E-state index contributed by atoms with van der Waals surface area (Å²) in [6.45, 7) is 7.64. The molecule has 2 aromatic heterocycles. The predicted octanol–water partition coefficient (Wildman–Crippen LogP) is 3.26. The van der Waals surface area contributed by atoms with Gasteiger partial charge in [-0.3, -0.25) is 9.36 Å². The van der Waals surface area contributed by atoms with Crippen molar-refractivity contribution in [2.45, 2.75) is 37.9 Å². The number of rotatable bonds is 7. The number of aromatic nitrogens is 2. The van der Waals surface area contributed by atoms with Crippen LogP contribution in [0.5, 0.6) is 0 Å². The van der Waals surface area contributed by atoms with Crippen molar-refractivity contribution in [3.63, 3.8) is 0 Å². The van der Waals surface area contributed by atoms with Crippen molar-refractivity contribution in [2.24, 2.45) is 0 Å². The van der Waals surface area contributed by atoms with Crippen molar-refractivity contribution < 1.29 is 4.74 Å². The molecule has 0 saturated heterocycles. The summed E-state index contributed by atoms with van der Waals surface area (Å²) < 4.78 is 7.12. The first-order valence-electron chi connectivity index (χ1n) is 7.62. The molecule has 0 atom stereocenters. The molecule has 0 saturated carbocycles. The highest BCUT2D eigenvalue weighted by Crippen LogP contribution is 2.35. The molecule has 2 heterocycles. The van der Waals surface area contributed by atoms with E-state index in [2.05, 4.69) is 6.58 Å². The molecule has 0 bridgehead atoms. The summed E-state index contributed by atoms with van der Waals surface area (Å²) in [5.41, 5.74) is 1.32. The molecule has 0 unspecified atom stereocenters. The number of thiophene rings is 1. The Labute approximate surface area is 138 Å². The van der Waals surface area contributed by atoms with Gasteiger partial charge in [0.1, 0.15) is 4.83 Å². The second kappa shape index (κ2) is 6.98. The summed E-state index contributed by atoms with van der Waals surface area (Å²) >= 11 is 3.27. The molecule has 0 fully saturated rings. The molecule has 3 rings (SSSR count). The van der Waals surface area contributed by atoms with Crippen LogP contribution in [0.1, 0.15) is 23.8 Å². The van der Waals surface area contributed by atoms with Gasteiger partial charge >= 0.3 is 0 Å². The zero-order chi connectivity index (χ0) is 15.5. The van der Waals surface area contributed by atoms with Crippen molar-refractivity contribution in [2.75, 3.05) is 19.0 Å². The second-order valence-corrected chi connectivity index (χ2v) is 7.33. The molecule has 22 heavy (non-hydrogen) atoms. The Bertz CT molecular complexity index is 749. The Hall–Kier alpha value is -1.11. The molecular formula is C16H20N2O2S2. The number of fused-ring (bicyclic) bond motifs is 3. The van der Waals surface area contributed by atoms with E-state index in [1.807, 2.05) is 6.92 Å². The van der Waals surface area contributed by atoms with Crippen molar-refractivity contribution in [3.05, 3.63) is 33.4 Å². The van der Waals surface area contributed by atoms with Crippen molar-refractivity contribution in [1.82, 2.24) is 9.55 Å². The molecule has 1 aliphatic rings. The summed E-state index contributed by atoms with van der Waals surface area (Å²) in [5.74, 6) is 0.800. The standard InChI is InChI=1S/C16H20N2O2S2/c1-3-8-18-15(19)13-11-6-5-7-12(11)22-14(13)17-16(18)21-10-9-20-4-2/h3H,1,4-10H2,2H3. The second-order valence-electron chi connectivity index (χ2n) is 5.18. The average molecular weight is 336 g/mol. The maximum Gasteiger partial charge on any atom is 0.263 e. The number of hydrogen-bond donors (Lipinski definition) is 0. The van der Waals surface area contributed by atoms with E-state index in [1.54, 1.807) is 33.7 Å². The first-order valence-corrected chi connectivity index (χ1v) is 9.43. The van der Waals surface area contributed by atoms with E-state index >= 15 is 0 Å². The van der Waals surface area contributed by atoms with Gasteiger partial charge < -0.3 is 4.74 Å². The maximum absolute atomic E-state index is 12.9. The lowest BCUT2D eigenvalue weighted by atomic mass is 10.2. The summed E-state index contributed by atoms with van der Waals surface area (Å²) in [6, 6.07) is 0. The first kappa shape index (κ1) is 15.8. The van der Waals surface area contributed by atoms with Gasteiger partial charge in [0, 0.05) is 23.8 Å². The van der Waals surface area contributed by atoms with E-state index in [0.29, 0.717) is 19.8 Å². The van der Waals surface area contributed by atoms with E-state index in [4.69, 9.17) is 9.72 Å². The van der Waals surface area contributed by atoms with Gasteiger partial charge in [-0.1, -0.05) is 17.8 Å². The van der Waals surface area contributed by atoms with Crippen LogP contribution in [-0.4, -0.2) is 28.5 Å². The first-order chi connectivity index (χ1) is 10.8.